The number of carboxylic acids is 2. The lowest BCUT2D eigenvalue weighted by Gasteiger charge is -2.41. The van der Waals surface area contributed by atoms with E-state index in [1.807, 2.05) is 18.2 Å². The van der Waals surface area contributed by atoms with Crippen molar-refractivity contribution in [2.24, 2.45) is 11.1 Å². The number of nitrogens with zero attached hydrogens (tertiary/aromatic N) is 3. The van der Waals surface area contributed by atoms with E-state index in [1.54, 1.807) is 49.7 Å². The van der Waals surface area contributed by atoms with Gasteiger partial charge in [0.1, 0.15) is 36.4 Å². The number of benzene rings is 2. The molecule has 1 aliphatic rings. The summed E-state index contributed by atoms with van der Waals surface area (Å²) < 4.78 is 31.7. The first-order valence-corrected chi connectivity index (χ1v) is 23.5. The molecule has 4 atom stereocenters. The molecule has 0 radical (unpaired) electrons. The molecule has 9 N–H and O–H groups in total. The van der Waals surface area contributed by atoms with E-state index in [0.29, 0.717) is 18.5 Å². The zero-order valence-electron chi connectivity index (χ0n) is 40.7. The second-order valence-electron chi connectivity index (χ2n) is 18.4. The Kier molecular flexibility index (Phi) is 21.5. The van der Waals surface area contributed by atoms with Crippen LogP contribution >= 0.6 is 0 Å². The molecular formula is C50H62F2N8O13. The highest BCUT2D eigenvalue weighted by Crippen LogP contribution is 2.41. The number of aliphatic hydroxyl groups is 1. The number of nitrogens with one attached hydrogen (secondary N) is 4. The fourth-order valence-electron chi connectivity index (χ4n) is 8.18. The quantitative estimate of drug-likeness (QED) is 0.0365. The van der Waals surface area contributed by atoms with Gasteiger partial charge in [0, 0.05) is 80.6 Å². The number of unbranched alkanes of at least 4 members (excludes halogenated alkanes) is 2. The number of carboxylic acid groups (broad SMARTS) is 2. The van der Waals surface area contributed by atoms with Crippen LogP contribution in [0.3, 0.4) is 0 Å². The van der Waals surface area contributed by atoms with Crippen LogP contribution in [0.4, 0.5) is 8.78 Å². The summed E-state index contributed by atoms with van der Waals surface area (Å²) >= 11 is 0. The molecule has 0 saturated carbocycles. The number of halogens is 2. The maximum absolute atomic E-state index is 15.3. The number of carbonyl (C=O) groups is 10. The molecule has 3 aromatic rings. The Hall–Kier alpha value is -7.82. The fraction of sp³-hybridized carbons (Fsp3) is 0.440. The van der Waals surface area contributed by atoms with E-state index in [4.69, 9.17) is 10.8 Å². The monoisotopic (exact) mass is 1020 g/mol. The second-order valence-corrected chi connectivity index (χ2v) is 18.4. The molecule has 23 heteroatoms. The lowest BCUT2D eigenvalue weighted by Crippen LogP contribution is -2.56. The van der Waals surface area contributed by atoms with Gasteiger partial charge in [0.15, 0.2) is 0 Å². The van der Waals surface area contributed by atoms with Crippen LogP contribution in [-0.4, -0.2) is 133 Å². The second kappa shape index (κ2) is 27.1. The molecular weight excluding hydrogens is 959 g/mol. The van der Waals surface area contributed by atoms with Crippen molar-refractivity contribution >= 4 is 59.2 Å². The lowest BCUT2D eigenvalue weighted by molar-refractivity contribution is -0.143. The molecule has 2 aromatic carbocycles. The Bertz CT molecular complexity index is 2530. The van der Waals surface area contributed by atoms with Gasteiger partial charge in [0.05, 0.1) is 12.5 Å². The Morgan fingerprint density at radius 1 is 0.767 bits per heavy atom. The Labute approximate surface area is 419 Å². The average molecular weight is 1020 g/mol. The van der Waals surface area contributed by atoms with E-state index in [2.05, 4.69) is 21.3 Å². The molecule has 4 rings (SSSR count). The predicted octanol–water partition coefficient (Wildman–Crippen LogP) is 2.05. The van der Waals surface area contributed by atoms with Crippen LogP contribution in [0.1, 0.15) is 95.9 Å². The standard InChI is InChI=1S/C50H62F2N8O13/c1-50(2,3)46(38-24-31(33-25-32(51)13-14-34(33)52)28-58(38)27-30-10-6-4-7-11-30)60(44(67)29-61)23-20-35(47(70)54-21-19-41(64)55-36(49(72)73)15-18-45(68)69)57-48(71)37(26-39(53)62)56-40(63)12-8-5-9-22-59-42(65)16-17-43(59)66/h4,6-7,10-11,13-14,16-17,24-25,28,35-37,46,61H,5,8-9,12,15,18-23,26-27,29H2,1-3H3,(H2,53,62)(H,54,70)(H,55,64)(H,56,63)(H,57,71)(H,68,69)(H,72,73)/t35-,36+,37-,46-/m0/s1. The summed E-state index contributed by atoms with van der Waals surface area (Å²) in [4.78, 5) is 129. The van der Waals surface area contributed by atoms with E-state index in [0.717, 1.165) is 40.8 Å². The van der Waals surface area contributed by atoms with Crippen LogP contribution in [0.15, 0.2) is 72.9 Å². The summed E-state index contributed by atoms with van der Waals surface area (Å²) in [5.74, 6) is -10.5. The lowest BCUT2D eigenvalue weighted by atomic mass is 9.82. The largest absolute Gasteiger partial charge is 0.481 e. The van der Waals surface area contributed by atoms with E-state index in [-0.39, 0.29) is 43.6 Å². The number of amides is 8. The number of hydrogen-bond donors (Lipinski definition) is 8. The number of aliphatic carboxylic acids is 2. The number of hydrogen-bond acceptors (Lipinski definition) is 11. The minimum absolute atomic E-state index is 0.0732. The smallest absolute Gasteiger partial charge is 0.326 e. The molecule has 0 spiro atoms. The first-order chi connectivity index (χ1) is 34.5. The van der Waals surface area contributed by atoms with Crippen molar-refractivity contribution in [1.82, 2.24) is 35.6 Å². The Balaban J connectivity index is 1.64. The van der Waals surface area contributed by atoms with E-state index < -0.39 is 146 Å². The number of aliphatic hydroxyl groups excluding tert-OH is 1. The van der Waals surface area contributed by atoms with Crippen molar-refractivity contribution in [3.05, 3.63) is 95.8 Å². The van der Waals surface area contributed by atoms with Crippen LogP contribution in [0.25, 0.3) is 11.1 Å². The molecule has 8 amide bonds. The summed E-state index contributed by atoms with van der Waals surface area (Å²) in [5, 5.41) is 38.5. The van der Waals surface area contributed by atoms with Gasteiger partial charge in [-0.05, 0) is 60.9 Å². The maximum atomic E-state index is 15.3. The molecule has 21 nitrogen and oxygen atoms in total. The van der Waals surface area contributed by atoms with Gasteiger partial charge in [-0.3, -0.25) is 48.1 Å². The third-order valence-corrected chi connectivity index (χ3v) is 11.7. The number of nitrogens with two attached hydrogens (primary N) is 1. The summed E-state index contributed by atoms with van der Waals surface area (Å²) in [6.07, 6.45) is 2.12. The molecule has 394 valence electrons. The number of carbonyl (C=O) groups excluding carboxylic acids is 8. The van der Waals surface area contributed by atoms with Crippen molar-refractivity contribution in [2.45, 2.75) is 109 Å². The van der Waals surface area contributed by atoms with Crippen LogP contribution in [0.5, 0.6) is 0 Å². The van der Waals surface area contributed by atoms with Gasteiger partial charge in [-0.2, -0.15) is 0 Å². The zero-order valence-corrected chi connectivity index (χ0v) is 40.7. The molecule has 0 aliphatic carbocycles. The molecule has 0 saturated heterocycles. The highest BCUT2D eigenvalue weighted by atomic mass is 19.1. The SMILES string of the molecule is CC(C)(C)[C@H](c1cc(-c2cc(F)ccc2F)cn1Cc1ccccc1)N(CC[C@H](NC(=O)[C@H](CC(N)=O)NC(=O)CCCCCN1C(=O)C=CC1=O)C(=O)NCCC(=O)N[C@H](CCC(=O)O)C(=O)O)C(=O)CO. The molecule has 0 unspecified atom stereocenters. The highest BCUT2D eigenvalue weighted by Gasteiger charge is 2.38. The molecule has 73 heavy (non-hydrogen) atoms. The van der Waals surface area contributed by atoms with E-state index >= 15 is 4.39 Å². The van der Waals surface area contributed by atoms with Crippen LogP contribution in [-0.2, 0) is 54.5 Å². The number of imide groups is 1. The van der Waals surface area contributed by atoms with Crippen molar-refractivity contribution < 1.29 is 72.0 Å². The Morgan fingerprint density at radius 3 is 2.04 bits per heavy atom. The molecule has 1 aliphatic heterocycles. The number of rotatable bonds is 29. The molecule has 1 aromatic heterocycles. The fourth-order valence-corrected chi connectivity index (χ4v) is 8.18. The molecule has 0 bridgehead atoms. The van der Waals surface area contributed by atoms with Gasteiger partial charge in [-0.15, -0.1) is 0 Å². The normalized spacial score (nSPS) is 13.9. The highest BCUT2D eigenvalue weighted by molar-refractivity contribution is 6.12. The van der Waals surface area contributed by atoms with Gasteiger partial charge < -0.3 is 51.8 Å². The van der Waals surface area contributed by atoms with Crippen molar-refractivity contribution in [3.8, 4) is 11.1 Å². The van der Waals surface area contributed by atoms with Gasteiger partial charge in [-0.25, -0.2) is 13.6 Å². The van der Waals surface area contributed by atoms with Crippen LogP contribution < -0.4 is 27.0 Å². The summed E-state index contributed by atoms with van der Waals surface area (Å²) in [5.41, 5.74) is 5.96. The Morgan fingerprint density at radius 2 is 1.42 bits per heavy atom. The van der Waals surface area contributed by atoms with Gasteiger partial charge >= 0.3 is 11.9 Å². The first kappa shape index (κ1) is 57.8. The summed E-state index contributed by atoms with van der Waals surface area (Å²) in [7, 11) is 0. The summed E-state index contributed by atoms with van der Waals surface area (Å²) in [6, 6.07) is 7.88. The molecule has 0 fully saturated rings. The number of aromatic nitrogens is 1. The van der Waals surface area contributed by atoms with Gasteiger partial charge in [0.2, 0.25) is 35.4 Å². The average Bonchev–Trinajstić information content (AvgIpc) is 3.88. The van der Waals surface area contributed by atoms with Crippen molar-refractivity contribution in [3.63, 3.8) is 0 Å². The zero-order chi connectivity index (χ0) is 54.0. The van der Waals surface area contributed by atoms with E-state index in [9.17, 15) is 62.5 Å². The third kappa shape index (κ3) is 17.8. The van der Waals surface area contributed by atoms with E-state index in [1.165, 1.54) is 4.90 Å². The molecule has 2 heterocycles. The maximum Gasteiger partial charge on any atom is 0.326 e. The minimum Gasteiger partial charge on any atom is -0.481 e. The van der Waals surface area contributed by atoms with Gasteiger partial charge in [-0.1, -0.05) is 57.5 Å². The number of primary amides is 1. The van der Waals surface area contributed by atoms with Crippen molar-refractivity contribution in [2.75, 3.05) is 26.2 Å². The van der Waals surface area contributed by atoms with Crippen LogP contribution in [0, 0.1) is 17.0 Å². The van der Waals surface area contributed by atoms with Crippen LogP contribution in [0.2, 0.25) is 0 Å². The first-order valence-electron chi connectivity index (χ1n) is 23.5. The topological polar surface area (TPSA) is 317 Å². The predicted molar refractivity (Wildman–Crippen MR) is 257 cm³/mol. The third-order valence-electron chi connectivity index (χ3n) is 11.7. The van der Waals surface area contributed by atoms with Gasteiger partial charge in [0.25, 0.3) is 11.8 Å². The van der Waals surface area contributed by atoms with Crippen molar-refractivity contribution in [1.29, 1.82) is 0 Å². The minimum atomic E-state index is -1.63. The summed E-state index contributed by atoms with van der Waals surface area (Å²) in [6.45, 7) is 3.81.